The Morgan fingerprint density at radius 1 is 1.55 bits per heavy atom. The van der Waals surface area contributed by atoms with Crippen molar-refractivity contribution in [3.63, 3.8) is 0 Å². The van der Waals surface area contributed by atoms with Crippen LogP contribution < -0.4 is 5.73 Å². The first-order chi connectivity index (χ1) is 4.75. The van der Waals surface area contributed by atoms with E-state index in [9.17, 15) is 9.59 Å². The number of nitrogens with two attached hydrogens (primary N) is 1. The lowest BCUT2D eigenvalue weighted by molar-refractivity contribution is -0.124. The number of halogens is 1. The molecule has 0 aromatic rings. The second-order valence-corrected chi connectivity index (χ2v) is 2.82. The van der Waals surface area contributed by atoms with Gasteiger partial charge in [0.05, 0.1) is 5.75 Å². The first-order valence-electron chi connectivity index (χ1n) is 2.93. The summed E-state index contributed by atoms with van der Waals surface area (Å²) in [6.07, 6.45) is 0. The molecule has 2 amide bonds. The average molecular weight is 197 g/mol. The van der Waals surface area contributed by atoms with E-state index in [2.05, 4.69) is 0 Å². The maximum Gasteiger partial charge on any atom is 0.288 e. The molecule has 0 atom stereocenters. The summed E-state index contributed by atoms with van der Waals surface area (Å²) in [5, 5.41) is -0.171. The average Bonchev–Trinajstić information content (AvgIpc) is 2.20. The van der Waals surface area contributed by atoms with Gasteiger partial charge in [0.15, 0.2) is 0 Å². The van der Waals surface area contributed by atoms with Crippen LogP contribution in [0.4, 0.5) is 4.79 Å². The van der Waals surface area contributed by atoms with Crippen molar-refractivity contribution in [3.05, 3.63) is 0 Å². The molecule has 64 valence electrons. The van der Waals surface area contributed by atoms with E-state index in [0.717, 1.165) is 11.8 Å². The minimum absolute atomic E-state index is 0. The molecule has 0 unspecified atom stereocenters. The molecule has 0 bridgehead atoms. The summed E-state index contributed by atoms with van der Waals surface area (Å²) in [6.45, 7) is 0.697. The number of imide groups is 1. The molecule has 0 spiro atoms. The van der Waals surface area contributed by atoms with Gasteiger partial charge in [-0.3, -0.25) is 14.5 Å². The van der Waals surface area contributed by atoms with E-state index in [0.29, 0.717) is 13.1 Å². The van der Waals surface area contributed by atoms with E-state index in [1.807, 2.05) is 0 Å². The fraction of sp³-hybridized carbons (Fsp3) is 0.600. The van der Waals surface area contributed by atoms with Crippen LogP contribution in [-0.2, 0) is 4.79 Å². The van der Waals surface area contributed by atoms with Gasteiger partial charge in [-0.1, -0.05) is 11.8 Å². The number of carbonyl (C=O) groups excluding carboxylic acids is 2. The Bertz CT molecular complexity index is 160. The van der Waals surface area contributed by atoms with Crippen molar-refractivity contribution in [3.8, 4) is 0 Å². The molecule has 1 aliphatic heterocycles. The smallest absolute Gasteiger partial charge is 0.288 e. The van der Waals surface area contributed by atoms with Gasteiger partial charge in [0.2, 0.25) is 5.91 Å². The van der Waals surface area contributed by atoms with Crippen molar-refractivity contribution >= 4 is 35.3 Å². The van der Waals surface area contributed by atoms with Crippen LogP contribution in [0.5, 0.6) is 0 Å². The van der Waals surface area contributed by atoms with Crippen molar-refractivity contribution in [2.45, 2.75) is 0 Å². The molecule has 1 aliphatic rings. The van der Waals surface area contributed by atoms with Crippen molar-refractivity contribution in [1.29, 1.82) is 0 Å². The van der Waals surface area contributed by atoms with Crippen LogP contribution in [0.3, 0.4) is 0 Å². The summed E-state index contributed by atoms with van der Waals surface area (Å²) < 4.78 is 0. The van der Waals surface area contributed by atoms with Crippen molar-refractivity contribution in [2.24, 2.45) is 5.73 Å². The number of nitrogens with zero attached hydrogens (tertiary/aromatic N) is 1. The Kier molecular flexibility index (Phi) is 4.48. The van der Waals surface area contributed by atoms with Crippen LogP contribution >= 0.6 is 24.2 Å². The van der Waals surface area contributed by atoms with E-state index in [1.165, 1.54) is 4.90 Å². The lowest BCUT2D eigenvalue weighted by atomic mass is 10.5. The number of hydrogen-bond acceptors (Lipinski definition) is 4. The van der Waals surface area contributed by atoms with Gasteiger partial charge in [0, 0.05) is 13.1 Å². The highest BCUT2D eigenvalue weighted by Crippen LogP contribution is 2.17. The third kappa shape index (κ3) is 2.36. The largest absolute Gasteiger partial charge is 0.329 e. The molecule has 0 saturated carbocycles. The Morgan fingerprint density at radius 2 is 2.18 bits per heavy atom. The maximum atomic E-state index is 10.8. The second-order valence-electron chi connectivity index (χ2n) is 1.89. The van der Waals surface area contributed by atoms with Crippen LogP contribution in [0, 0.1) is 0 Å². The Hall–Kier alpha value is -0.260. The minimum Gasteiger partial charge on any atom is -0.329 e. The molecule has 11 heavy (non-hydrogen) atoms. The molecule has 0 aromatic heterocycles. The molecule has 0 radical (unpaired) electrons. The van der Waals surface area contributed by atoms with Crippen molar-refractivity contribution in [1.82, 2.24) is 4.90 Å². The SMILES string of the molecule is Cl.NCCN1C(=O)CSC1=O. The summed E-state index contributed by atoms with van der Waals surface area (Å²) in [4.78, 5) is 22.8. The summed E-state index contributed by atoms with van der Waals surface area (Å²) >= 11 is 1.04. The first-order valence-corrected chi connectivity index (χ1v) is 3.91. The molecule has 0 aliphatic carbocycles. The predicted molar refractivity (Wildman–Crippen MR) is 45.9 cm³/mol. The van der Waals surface area contributed by atoms with E-state index in [4.69, 9.17) is 5.73 Å². The number of amides is 2. The topological polar surface area (TPSA) is 63.4 Å². The highest BCUT2D eigenvalue weighted by Gasteiger charge is 2.28. The van der Waals surface area contributed by atoms with Crippen LogP contribution in [-0.4, -0.2) is 34.9 Å². The van der Waals surface area contributed by atoms with Gasteiger partial charge >= 0.3 is 0 Å². The summed E-state index contributed by atoms with van der Waals surface area (Å²) in [5.74, 6) is 0.152. The predicted octanol–water partition coefficient (Wildman–Crippen LogP) is 0.0623. The molecule has 0 aromatic carbocycles. The van der Waals surface area contributed by atoms with Crippen molar-refractivity contribution < 1.29 is 9.59 Å². The Morgan fingerprint density at radius 3 is 2.55 bits per heavy atom. The molecule has 1 rings (SSSR count). The summed E-state index contributed by atoms with van der Waals surface area (Å²) in [6, 6.07) is 0. The van der Waals surface area contributed by atoms with Crippen LogP contribution in [0.25, 0.3) is 0 Å². The zero-order chi connectivity index (χ0) is 7.56. The first kappa shape index (κ1) is 10.7. The quantitative estimate of drug-likeness (QED) is 0.679. The maximum absolute atomic E-state index is 10.8. The third-order valence-corrected chi connectivity index (χ3v) is 2.05. The lowest BCUT2D eigenvalue weighted by Crippen LogP contribution is -2.33. The van der Waals surface area contributed by atoms with Gasteiger partial charge in [-0.25, -0.2) is 0 Å². The highest BCUT2D eigenvalue weighted by atomic mass is 35.5. The third-order valence-electron chi connectivity index (χ3n) is 1.19. The normalized spacial score (nSPS) is 17.0. The second kappa shape index (κ2) is 4.58. The summed E-state index contributed by atoms with van der Waals surface area (Å²) in [7, 11) is 0. The molecule has 2 N–H and O–H groups in total. The van der Waals surface area contributed by atoms with E-state index >= 15 is 0 Å². The van der Waals surface area contributed by atoms with Gasteiger partial charge < -0.3 is 5.73 Å². The lowest BCUT2D eigenvalue weighted by Gasteiger charge is -2.09. The number of carbonyl (C=O) groups is 2. The Labute approximate surface area is 74.9 Å². The highest BCUT2D eigenvalue weighted by molar-refractivity contribution is 8.14. The van der Waals surface area contributed by atoms with Gasteiger partial charge in [-0.15, -0.1) is 12.4 Å². The van der Waals surface area contributed by atoms with Crippen LogP contribution in [0.2, 0.25) is 0 Å². The van der Waals surface area contributed by atoms with E-state index < -0.39 is 0 Å². The van der Waals surface area contributed by atoms with Crippen LogP contribution in [0.1, 0.15) is 0 Å². The summed E-state index contributed by atoms with van der Waals surface area (Å²) in [5.41, 5.74) is 5.18. The zero-order valence-corrected chi connectivity index (χ0v) is 7.41. The van der Waals surface area contributed by atoms with E-state index in [1.54, 1.807) is 0 Å². The van der Waals surface area contributed by atoms with Gasteiger partial charge in [0.1, 0.15) is 0 Å². The van der Waals surface area contributed by atoms with Crippen molar-refractivity contribution in [2.75, 3.05) is 18.8 Å². The molecule has 4 nitrogen and oxygen atoms in total. The van der Waals surface area contributed by atoms with Gasteiger partial charge in [-0.05, 0) is 0 Å². The number of rotatable bonds is 2. The van der Waals surface area contributed by atoms with Gasteiger partial charge in [-0.2, -0.15) is 0 Å². The zero-order valence-electron chi connectivity index (χ0n) is 5.78. The Balaban J connectivity index is 0.000001000. The molecule has 1 saturated heterocycles. The molecule has 1 fully saturated rings. The standard InChI is InChI=1S/C5H8N2O2S.ClH/c6-1-2-7-4(8)3-10-5(7)9;/h1-3,6H2;1H. The van der Waals surface area contributed by atoms with Crippen LogP contribution in [0.15, 0.2) is 0 Å². The molecular formula is C5H9ClN2O2S. The number of thioether (sulfide) groups is 1. The van der Waals surface area contributed by atoms with E-state index in [-0.39, 0.29) is 29.3 Å². The number of hydrogen-bond donors (Lipinski definition) is 1. The minimum atomic E-state index is -0.171. The van der Waals surface area contributed by atoms with Gasteiger partial charge in [0.25, 0.3) is 5.24 Å². The monoisotopic (exact) mass is 196 g/mol. The molecular weight excluding hydrogens is 188 g/mol. The molecule has 1 heterocycles. The fourth-order valence-electron chi connectivity index (χ4n) is 0.726. The molecule has 6 heteroatoms. The fourth-order valence-corrected chi connectivity index (χ4v) is 1.48.